The van der Waals surface area contributed by atoms with E-state index in [2.05, 4.69) is 5.32 Å². The number of anilines is 1. The summed E-state index contributed by atoms with van der Waals surface area (Å²) >= 11 is 0. The van der Waals surface area contributed by atoms with Crippen LogP contribution in [0.25, 0.3) is 0 Å². The zero-order valence-electron chi connectivity index (χ0n) is 14.6. The van der Waals surface area contributed by atoms with Crippen LogP contribution < -0.4 is 14.4 Å². The number of nitrogens with one attached hydrogen (secondary N) is 1. The number of ether oxygens (including phenoxy) is 1. The Morgan fingerprint density at radius 3 is 2.27 bits per heavy atom. The average Bonchev–Trinajstić information content (AvgIpc) is 3.44. The van der Waals surface area contributed by atoms with Gasteiger partial charge in [-0.25, -0.2) is 8.42 Å². The lowest BCUT2D eigenvalue weighted by molar-refractivity contribution is -0.122. The van der Waals surface area contributed by atoms with E-state index in [1.165, 1.54) is 4.31 Å². The predicted octanol–water partition coefficient (Wildman–Crippen LogP) is 2.77. The fourth-order valence-corrected chi connectivity index (χ4v) is 3.49. The lowest BCUT2D eigenvalue weighted by Gasteiger charge is -2.22. The average molecular weight is 374 g/mol. The van der Waals surface area contributed by atoms with Gasteiger partial charge in [-0.2, -0.15) is 0 Å². The first-order valence-electron chi connectivity index (χ1n) is 8.52. The maximum absolute atomic E-state index is 12.1. The minimum Gasteiger partial charge on any atom is -0.457 e. The monoisotopic (exact) mass is 374 g/mol. The molecule has 0 bridgehead atoms. The van der Waals surface area contributed by atoms with Gasteiger partial charge in [0.15, 0.2) is 0 Å². The number of para-hydroxylation sites is 1. The van der Waals surface area contributed by atoms with Gasteiger partial charge in [0.25, 0.3) is 0 Å². The van der Waals surface area contributed by atoms with E-state index >= 15 is 0 Å². The van der Waals surface area contributed by atoms with Crippen LogP contribution in [0.1, 0.15) is 12.8 Å². The molecule has 0 heterocycles. The van der Waals surface area contributed by atoms with Crippen molar-refractivity contribution in [2.45, 2.75) is 12.8 Å². The quantitative estimate of drug-likeness (QED) is 0.771. The van der Waals surface area contributed by atoms with Crippen LogP contribution in [-0.2, 0) is 14.8 Å². The third-order valence-corrected chi connectivity index (χ3v) is 5.26. The molecular formula is C19H22N2O4S. The van der Waals surface area contributed by atoms with E-state index in [0.717, 1.165) is 19.1 Å². The molecule has 2 aromatic rings. The summed E-state index contributed by atoms with van der Waals surface area (Å²) in [5.74, 6) is 1.44. The first-order valence-corrected chi connectivity index (χ1v) is 10.4. The predicted molar refractivity (Wildman–Crippen MR) is 101 cm³/mol. The summed E-state index contributed by atoms with van der Waals surface area (Å²) in [7, 11) is -3.45. The van der Waals surface area contributed by atoms with Crippen LogP contribution in [0.5, 0.6) is 11.5 Å². The Labute approximate surface area is 153 Å². The molecule has 0 aromatic heterocycles. The zero-order valence-corrected chi connectivity index (χ0v) is 15.4. The topological polar surface area (TPSA) is 75.7 Å². The fraction of sp³-hybridized carbons (Fsp3) is 0.316. The summed E-state index contributed by atoms with van der Waals surface area (Å²) < 4.78 is 31.2. The molecule has 6 nitrogen and oxygen atoms in total. The van der Waals surface area contributed by atoms with Crippen molar-refractivity contribution in [1.82, 2.24) is 5.32 Å². The summed E-state index contributed by atoms with van der Waals surface area (Å²) in [4.78, 5) is 11.7. The largest absolute Gasteiger partial charge is 0.457 e. The molecule has 0 saturated heterocycles. The maximum Gasteiger partial charge on any atom is 0.232 e. The van der Waals surface area contributed by atoms with Gasteiger partial charge in [-0.15, -0.1) is 0 Å². The highest BCUT2D eigenvalue weighted by Crippen LogP contribution is 2.29. The molecule has 0 aliphatic heterocycles. The Morgan fingerprint density at radius 1 is 1.08 bits per heavy atom. The summed E-state index contributed by atoms with van der Waals surface area (Å²) in [6.07, 6.45) is 3.00. The van der Waals surface area contributed by atoms with Crippen LogP contribution in [0, 0.1) is 5.92 Å². The molecule has 1 saturated carbocycles. The zero-order chi connectivity index (χ0) is 18.6. The lowest BCUT2D eigenvalue weighted by atomic mass is 10.3. The van der Waals surface area contributed by atoms with E-state index in [0.29, 0.717) is 17.2 Å². The molecule has 2 aromatic carbocycles. The molecule has 138 valence electrons. The van der Waals surface area contributed by atoms with E-state index in [-0.39, 0.29) is 24.9 Å². The number of hydrogen-bond acceptors (Lipinski definition) is 4. The second-order valence-corrected chi connectivity index (χ2v) is 8.22. The normalized spacial score (nSPS) is 13.9. The molecule has 7 heteroatoms. The van der Waals surface area contributed by atoms with Crippen LogP contribution in [0.3, 0.4) is 0 Å². The van der Waals surface area contributed by atoms with Gasteiger partial charge in [0.2, 0.25) is 15.9 Å². The minimum atomic E-state index is -3.45. The Kier molecular flexibility index (Phi) is 5.46. The third kappa shape index (κ3) is 4.98. The second-order valence-electron chi connectivity index (χ2n) is 6.31. The van der Waals surface area contributed by atoms with Gasteiger partial charge in [-0.05, 0) is 49.2 Å². The number of rotatable bonds is 8. The number of carbonyl (C=O) groups is 1. The van der Waals surface area contributed by atoms with Crippen molar-refractivity contribution in [2.75, 3.05) is 23.7 Å². The van der Waals surface area contributed by atoms with E-state index in [9.17, 15) is 13.2 Å². The van der Waals surface area contributed by atoms with Gasteiger partial charge >= 0.3 is 0 Å². The first-order chi connectivity index (χ1) is 12.4. The van der Waals surface area contributed by atoms with Gasteiger partial charge in [0.05, 0.1) is 18.5 Å². The van der Waals surface area contributed by atoms with Crippen molar-refractivity contribution in [3.05, 3.63) is 54.6 Å². The highest BCUT2D eigenvalue weighted by Gasteiger charge is 2.29. The maximum atomic E-state index is 12.1. The van der Waals surface area contributed by atoms with Gasteiger partial charge in [-0.3, -0.25) is 9.10 Å². The molecular weight excluding hydrogens is 352 g/mol. The van der Waals surface area contributed by atoms with Crippen LogP contribution in [0.2, 0.25) is 0 Å². The number of carbonyl (C=O) groups excluding carboxylic acids is 1. The number of amides is 1. The number of benzene rings is 2. The van der Waals surface area contributed by atoms with Gasteiger partial charge in [0, 0.05) is 12.5 Å². The summed E-state index contributed by atoms with van der Waals surface area (Å²) in [6, 6.07) is 16.2. The van der Waals surface area contributed by atoms with Gasteiger partial charge < -0.3 is 10.1 Å². The first kappa shape index (κ1) is 18.3. The van der Waals surface area contributed by atoms with Crippen LogP contribution in [0.15, 0.2) is 54.6 Å². The Hall–Kier alpha value is -2.54. The molecule has 1 aliphatic carbocycles. The highest BCUT2D eigenvalue weighted by molar-refractivity contribution is 7.92. The SMILES string of the molecule is CS(=O)(=O)N(CCNC(=O)C1CC1)c1ccc(Oc2ccccc2)cc1. The van der Waals surface area contributed by atoms with Crippen LogP contribution >= 0.6 is 0 Å². The smallest absolute Gasteiger partial charge is 0.232 e. The molecule has 0 unspecified atom stereocenters. The molecule has 26 heavy (non-hydrogen) atoms. The number of nitrogens with zero attached hydrogens (tertiary/aromatic N) is 1. The van der Waals surface area contributed by atoms with Crippen molar-refractivity contribution >= 4 is 21.6 Å². The Bertz CT molecular complexity index is 847. The fourth-order valence-electron chi connectivity index (χ4n) is 2.56. The summed E-state index contributed by atoms with van der Waals surface area (Å²) in [6.45, 7) is 0.473. The van der Waals surface area contributed by atoms with Gasteiger partial charge in [0.1, 0.15) is 11.5 Å². The van der Waals surface area contributed by atoms with Crippen molar-refractivity contribution in [3.8, 4) is 11.5 Å². The third-order valence-electron chi connectivity index (χ3n) is 4.07. The lowest BCUT2D eigenvalue weighted by Crippen LogP contribution is -2.38. The molecule has 0 atom stereocenters. The standard InChI is InChI=1S/C19H22N2O4S/c1-26(23,24)21(14-13-20-19(22)15-7-8-15)16-9-11-18(12-10-16)25-17-5-3-2-4-6-17/h2-6,9-12,15H,7-8,13-14H2,1H3,(H,20,22). The molecule has 0 spiro atoms. The molecule has 1 N–H and O–H groups in total. The van der Waals surface area contributed by atoms with Gasteiger partial charge in [-0.1, -0.05) is 18.2 Å². The molecule has 1 amide bonds. The van der Waals surface area contributed by atoms with Crippen molar-refractivity contribution < 1.29 is 17.9 Å². The molecule has 1 aliphatic rings. The molecule has 1 fully saturated rings. The summed E-state index contributed by atoms with van der Waals surface area (Å²) in [5, 5.41) is 2.79. The van der Waals surface area contributed by atoms with Crippen molar-refractivity contribution in [1.29, 1.82) is 0 Å². The highest BCUT2D eigenvalue weighted by atomic mass is 32.2. The van der Waals surface area contributed by atoms with E-state index in [1.54, 1.807) is 24.3 Å². The number of hydrogen-bond donors (Lipinski definition) is 1. The van der Waals surface area contributed by atoms with E-state index in [4.69, 9.17) is 4.74 Å². The van der Waals surface area contributed by atoms with E-state index < -0.39 is 10.0 Å². The van der Waals surface area contributed by atoms with Crippen molar-refractivity contribution in [3.63, 3.8) is 0 Å². The van der Waals surface area contributed by atoms with Crippen LogP contribution in [0.4, 0.5) is 5.69 Å². The number of sulfonamides is 1. The Morgan fingerprint density at radius 2 is 1.69 bits per heavy atom. The second kappa shape index (κ2) is 7.78. The molecule has 0 radical (unpaired) electrons. The van der Waals surface area contributed by atoms with Crippen molar-refractivity contribution in [2.24, 2.45) is 5.92 Å². The Balaban J connectivity index is 1.65. The van der Waals surface area contributed by atoms with Crippen LogP contribution in [-0.4, -0.2) is 33.7 Å². The minimum absolute atomic E-state index is 0.00469. The molecule has 3 rings (SSSR count). The van der Waals surface area contributed by atoms with E-state index in [1.807, 2.05) is 30.3 Å². The summed E-state index contributed by atoms with van der Waals surface area (Å²) in [5.41, 5.74) is 0.536.